The highest BCUT2D eigenvalue weighted by Crippen LogP contribution is 2.28. The van der Waals surface area contributed by atoms with Crippen LogP contribution in [-0.4, -0.2) is 13.1 Å². The van der Waals surface area contributed by atoms with Gasteiger partial charge in [0.15, 0.2) is 0 Å². The van der Waals surface area contributed by atoms with Crippen LogP contribution in [0.3, 0.4) is 0 Å². The van der Waals surface area contributed by atoms with E-state index < -0.39 is 5.41 Å². The number of carbonyl (C=O) groups is 1. The van der Waals surface area contributed by atoms with Gasteiger partial charge >= 0.3 is 5.97 Å². The Morgan fingerprint density at radius 2 is 1.94 bits per heavy atom. The first-order chi connectivity index (χ1) is 7.51. The Balaban J connectivity index is 2.84. The maximum absolute atomic E-state index is 11.7. The van der Waals surface area contributed by atoms with E-state index in [9.17, 15) is 4.79 Å². The van der Waals surface area contributed by atoms with Crippen LogP contribution >= 0.6 is 11.6 Å². The lowest BCUT2D eigenvalue weighted by Gasteiger charge is -2.25. The van der Waals surface area contributed by atoms with E-state index in [0.29, 0.717) is 11.4 Å². The number of hydrogen-bond donors (Lipinski definition) is 0. The summed E-state index contributed by atoms with van der Waals surface area (Å²) < 4.78 is 4.84. The molecule has 0 heterocycles. The maximum atomic E-state index is 11.7. The molecular weight excluding hydrogens is 224 g/mol. The normalized spacial score (nSPS) is 14.2. The summed E-state index contributed by atoms with van der Waals surface area (Å²) in [6.07, 6.45) is 1.43. The molecule has 1 rings (SSSR count). The number of rotatable bonds is 4. The van der Waals surface area contributed by atoms with Crippen molar-refractivity contribution in [1.82, 2.24) is 0 Å². The fourth-order valence-corrected chi connectivity index (χ4v) is 1.77. The van der Waals surface area contributed by atoms with E-state index in [1.165, 1.54) is 7.11 Å². The van der Waals surface area contributed by atoms with Gasteiger partial charge < -0.3 is 4.74 Å². The Morgan fingerprint density at radius 1 is 1.38 bits per heavy atom. The van der Waals surface area contributed by atoms with Crippen molar-refractivity contribution in [2.45, 2.75) is 26.7 Å². The molecule has 1 aromatic rings. The third-order valence-electron chi connectivity index (χ3n) is 2.97. The lowest BCUT2D eigenvalue weighted by Crippen LogP contribution is -2.30. The molecule has 16 heavy (non-hydrogen) atoms. The molecule has 0 aliphatic heterocycles. The Labute approximate surface area is 102 Å². The van der Waals surface area contributed by atoms with Crippen molar-refractivity contribution in [2.24, 2.45) is 5.41 Å². The van der Waals surface area contributed by atoms with Gasteiger partial charge in [0.2, 0.25) is 0 Å². The topological polar surface area (TPSA) is 26.3 Å². The van der Waals surface area contributed by atoms with Gasteiger partial charge in [0.25, 0.3) is 0 Å². The summed E-state index contributed by atoms with van der Waals surface area (Å²) in [5.41, 5.74) is 0.641. The van der Waals surface area contributed by atoms with Crippen molar-refractivity contribution in [3.63, 3.8) is 0 Å². The molecule has 0 saturated heterocycles. The molecule has 1 aromatic carbocycles. The average Bonchev–Trinajstić information content (AvgIpc) is 2.31. The zero-order valence-corrected chi connectivity index (χ0v) is 10.7. The first kappa shape index (κ1) is 13.0. The van der Waals surface area contributed by atoms with Gasteiger partial charge in [-0.3, -0.25) is 4.79 Å². The molecule has 0 spiro atoms. The smallest absolute Gasteiger partial charge is 0.311 e. The van der Waals surface area contributed by atoms with E-state index in [1.807, 2.05) is 38.1 Å². The van der Waals surface area contributed by atoms with Crippen LogP contribution in [0.2, 0.25) is 5.02 Å². The molecule has 0 aliphatic carbocycles. The molecule has 2 nitrogen and oxygen atoms in total. The Bertz CT molecular complexity index is 359. The maximum Gasteiger partial charge on any atom is 0.311 e. The second-order valence-electron chi connectivity index (χ2n) is 4.21. The minimum Gasteiger partial charge on any atom is -0.469 e. The molecule has 0 radical (unpaired) electrons. The fraction of sp³-hybridized carbons (Fsp3) is 0.462. The molecule has 0 amide bonds. The number of benzene rings is 1. The van der Waals surface area contributed by atoms with Crippen molar-refractivity contribution < 1.29 is 9.53 Å². The molecule has 1 unspecified atom stereocenters. The minimum absolute atomic E-state index is 0.162. The standard InChI is InChI=1S/C13H17ClO2/c1-4-13(2,12(15)16-3)9-10-5-7-11(14)8-6-10/h5-8H,4,9H2,1-3H3. The van der Waals surface area contributed by atoms with Crippen LogP contribution in [-0.2, 0) is 16.0 Å². The first-order valence-corrected chi connectivity index (χ1v) is 5.72. The summed E-state index contributed by atoms with van der Waals surface area (Å²) >= 11 is 5.81. The number of carbonyl (C=O) groups excluding carboxylic acids is 1. The van der Waals surface area contributed by atoms with Crippen LogP contribution in [0.25, 0.3) is 0 Å². The highest BCUT2D eigenvalue weighted by Gasteiger charge is 2.32. The van der Waals surface area contributed by atoms with Crippen molar-refractivity contribution in [3.05, 3.63) is 34.9 Å². The molecule has 0 saturated carbocycles. The summed E-state index contributed by atoms with van der Waals surface area (Å²) in [4.78, 5) is 11.7. The predicted molar refractivity (Wildman–Crippen MR) is 65.6 cm³/mol. The molecule has 1 atom stereocenters. The third kappa shape index (κ3) is 2.99. The molecular formula is C13H17ClO2. The number of methoxy groups -OCH3 is 1. The molecule has 88 valence electrons. The number of halogens is 1. The van der Waals surface area contributed by atoms with Gasteiger partial charge in [-0.1, -0.05) is 30.7 Å². The van der Waals surface area contributed by atoms with Crippen LogP contribution in [0.15, 0.2) is 24.3 Å². The van der Waals surface area contributed by atoms with E-state index in [0.717, 1.165) is 12.0 Å². The monoisotopic (exact) mass is 240 g/mol. The second-order valence-corrected chi connectivity index (χ2v) is 4.65. The Hall–Kier alpha value is -1.02. The van der Waals surface area contributed by atoms with Gasteiger partial charge in [-0.05, 0) is 37.5 Å². The lowest BCUT2D eigenvalue weighted by molar-refractivity contribution is -0.151. The third-order valence-corrected chi connectivity index (χ3v) is 3.22. The predicted octanol–water partition coefficient (Wildman–Crippen LogP) is 3.47. The van der Waals surface area contributed by atoms with Gasteiger partial charge in [-0.2, -0.15) is 0 Å². The Morgan fingerprint density at radius 3 is 2.38 bits per heavy atom. The zero-order valence-electron chi connectivity index (χ0n) is 9.92. The van der Waals surface area contributed by atoms with Crippen LogP contribution in [0.5, 0.6) is 0 Å². The highest BCUT2D eigenvalue weighted by atomic mass is 35.5. The molecule has 0 aliphatic rings. The number of esters is 1. The summed E-state index contributed by atoms with van der Waals surface area (Å²) in [5.74, 6) is -0.162. The average molecular weight is 241 g/mol. The SMILES string of the molecule is CCC(C)(Cc1ccc(Cl)cc1)C(=O)OC. The van der Waals surface area contributed by atoms with Crippen molar-refractivity contribution in [2.75, 3.05) is 7.11 Å². The van der Waals surface area contributed by atoms with Gasteiger partial charge in [0, 0.05) is 5.02 Å². The van der Waals surface area contributed by atoms with E-state index in [1.54, 1.807) is 0 Å². The number of hydrogen-bond acceptors (Lipinski definition) is 2. The van der Waals surface area contributed by atoms with E-state index >= 15 is 0 Å². The molecule has 0 fully saturated rings. The van der Waals surface area contributed by atoms with E-state index in [4.69, 9.17) is 16.3 Å². The molecule has 3 heteroatoms. The van der Waals surface area contributed by atoms with Crippen molar-refractivity contribution >= 4 is 17.6 Å². The van der Waals surface area contributed by atoms with Crippen molar-refractivity contribution in [3.8, 4) is 0 Å². The van der Waals surface area contributed by atoms with Crippen LogP contribution in [0.4, 0.5) is 0 Å². The van der Waals surface area contributed by atoms with Gasteiger partial charge in [-0.15, -0.1) is 0 Å². The molecule has 0 N–H and O–H groups in total. The highest BCUT2D eigenvalue weighted by molar-refractivity contribution is 6.30. The van der Waals surface area contributed by atoms with Crippen LogP contribution in [0.1, 0.15) is 25.8 Å². The second kappa shape index (κ2) is 5.35. The zero-order chi connectivity index (χ0) is 12.2. The fourth-order valence-electron chi connectivity index (χ4n) is 1.64. The summed E-state index contributed by atoms with van der Waals surface area (Å²) in [7, 11) is 1.43. The molecule has 0 bridgehead atoms. The number of ether oxygens (including phenoxy) is 1. The lowest BCUT2D eigenvalue weighted by atomic mass is 9.81. The van der Waals surface area contributed by atoms with Crippen LogP contribution in [0, 0.1) is 5.41 Å². The largest absolute Gasteiger partial charge is 0.469 e. The van der Waals surface area contributed by atoms with Gasteiger partial charge in [0.1, 0.15) is 0 Å². The summed E-state index contributed by atoms with van der Waals surface area (Å²) in [5, 5.41) is 0.708. The van der Waals surface area contributed by atoms with Crippen molar-refractivity contribution in [1.29, 1.82) is 0 Å². The van der Waals surface area contributed by atoms with Gasteiger partial charge in [0.05, 0.1) is 12.5 Å². The summed E-state index contributed by atoms with van der Waals surface area (Å²) in [6.45, 7) is 3.92. The molecule has 0 aromatic heterocycles. The Kier molecular flexibility index (Phi) is 4.36. The summed E-state index contributed by atoms with van der Waals surface area (Å²) in [6, 6.07) is 7.56. The van der Waals surface area contributed by atoms with Crippen LogP contribution < -0.4 is 0 Å². The van der Waals surface area contributed by atoms with E-state index in [2.05, 4.69) is 0 Å². The first-order valence-electron chi connectivity index (χ1n) is 5.34. The minimum atomic E-state index is -0.456. The quantitative estimate of drug-likeness (QED) is 0.754. The van der Waals surface area contributed by atoms with E-state index in [-0.39, 0.29) is 5.97 Å². The van der Waals surface area contributed by atoms with Gasteiger partial charge in [-0.25, -0.2) is 0 Å².